The zero-order chi connectivity index (χ0) is 19.6. The number of ether oxygens (including phenoxy) is 4. The van der Waals surface area contributed by atoms with Crippen LogP contribution in [-0.2, 0) is 23.7 Å². The van der Waals surface area contributed by atoms with Gasteiger partial charge in [0.2, 0.25) is 5.76 Å². The minimum atomic E-state index is -0.357. The molecule has 0 aromatic carbocycles. The maximum atomic E-state index is 12.1. The number of nitrogens with zero attached hydrogens (tertiary/aromatic N) is 1. The second-order valence-electron chi connectivity index (χ2n) is 8.65. The number of fused-ring (bicyclic) bond motifs is 4. The predicted molar refractivity (Wildman–Crippen MR) is 102 cm³/mol. The summed E-state index contributed by atoms with van der Waals surface area (Å²) in [6, 6.07) is 0.922. The second-order valence-corrected chi connectivity index (χ2v) is 8.65. The van der Waals surface area contributed by atoms with Gasteiger partial charge in [-0.2, -0.15) is 0 Å². The monoisotopic (exact) mass is 387 g/mol. The van der Waals surface area contributed by atoms with Crippen LogP contribution in [0.25, 0.3) is 0 Å². The van der Waals surface area contributed by atoms with Gasteiger partial charge in [-0.3, -0.25) is 4.90 Å². The highest BCUT2D eigenvalue weighted by atomic mass is 16.6. The Balaban J connectivity index is 1.50. The summed E-state index contributed by atoms with van der Waals surface area (Å²) in [5, 5.41) is 0. The van der Waals surface area contributed by atoms with Crippen LogP contribution in [0.1, 0.15) is 46.5 Å². The number of hydrogen-bond acceptors (Lipinski definition) is 6. The Labute approximate surface area is 166 Å². The Bertz CT molecular complexity index is 797. The molecule has 3 saturated heterocycles. The van der Waals surface area contributed by atoms with Gasteiger partial charge in [-0.15, -0.1) is 0 Å². The van der Waals surface area contributed by atoms with E-state index in [2.05, 4.69) is 24.8 Å². The lowest BCUT2D eigenvalue weighted by atomic mass is 9.84. The average molecular weight is 387 g/mol. The van der Waals surface area contributed by atoms with Crippen LogP contribution in [0.3, 0.4) is 0 Å². The predicted octanol–water partition coefficient (Wildman–Crippen LogP) is 3.26. The number of morpholine rings is 1. The third kappa shape index (κ3) is 2.50. The fraction of sp³-hybridized carbons (Fsp3) is 0.682. The molecule has 6 heteroatoms. The number of hydrogen-bond donors (Lipinski definition) is 0. The van der Waals surface area contributed by atoms with E-state index in [0.29, 0.717) is 41.0 Å². The molecule has 0 amide bonds. The smallest absolute Gasteiger partial charge is 0.343 e. The van der Waals surface area contributed by atoms with Crippen LogP contribution >= 0.6 is 0 Å². The van der Waals surface area contributed by atoms with E-state index < -0.39 is 0 Å². The molecule has 3 fully saturated rings. The summed E-state index contributed by atoms with van der Waals surface area (Å²) in [5.74, 6) is 2.67. The Morgan fingerprint density at radius 2 is 2.14 bits per heavy atom. The van der Waals surface area contributed by atoms with E-state index in [4.69, 9.17) is 18.9 Å². The van der Waals surface area contributed by atoms with E-state index in [1.807, 2.05) is 0 Å². The molecule has 5 aliphatic rings. The number of carbonyl (C=O) groups excluding carboxylic acids is 1. The minimum absolute atomic E-state index is 0.0785. The lowest BCUT2D eigenvalue weighted by Gasteiger charge is -2.38. The number of rotatable bonds is 4. The van der Waals surface area contributed by atoms with Gasteiger partial charge in [-0.1, -0.05) is 26.7 Å². The van der Waals surface area contributed by atoms with Crippen molar-refractivity contribution in [2.24, 2.45) is 11.8 Å². The van der Waals surface area contributed by atoms with Gasteiger partial charge in [-0.25, -0.2) is 4.79 Å². The quantitative estimate of drug-likeness (QED) is 0.690. The van der Waals surface area contributed by atoms with Crippen LogP contribution in [0.2, 0.25) is 0 Å². The summed E-state index contributed by atoms with van der Waals surface area (Å²) in [7, 11) is 1.57. The molecule has 5 rings (SSSR count). The molecule has 7 unspecified atom stereocenters. The Morgan fingerprint density at radius 3 is 2.89 bits per heavy atom. The summed E-state index contributed by atoms with van der Waals surface area (Å²) < 4.78 is 23.7. The Morgan fingerprint density at radius 1 is 1.32 bits per heavy atom. The molecule has 0 aromatic heterocycles. The lowest BCUT2D eigenvalue weighted by Crippen LogP contribution is -2.49. The molecular formula is C22H29NO5. The van der Waals surface area contributed by atoms with E-state index in [1.165, 1.54) is 19.3 Å². The van der Waals surface area contributed by atoms with Gasteiger partial charge in [0.05, 0.1) is 24.9 Å². The molecule has 5 heterocycles. The first kappa shape index (κ1) is 18.3. The van der Waals surface area contributed by atoms with Gasteiger partial charge in [0.1, 0.15) is 5.76 Å². The van der Waals surface area contributed by atoms with E-state index in [-0.39, 0.29) is 23.9 Å². The number of allylic oxidation sites excluding steroid dienone is 1. The molecular weight excluding hydrogens is 358 g/mol. The molecule has 0 N–H and O–H groups in total. The Kier molecular flexibility index (Phi) is 4.32. The lowest BCUT2D eigenvalue weighted by molar-refractivity contribution is -0.133. The van der Waals surface area contributed by atoms with E-state index in [1.54, 1.807) is 14.0 Å². The first-order valence-corrected chi connectivity index (χ1v) is 10.6. The Hall–Kier alpha value is -1.79. The first-order valence-electron chi connectivity index (χ1n) is 10.6. The van der Waals surface area contributed by atoms with Crippen molar-refractivity contribution < 1.29 is 23.7 Å². The summed E-state index contributed by atoms with van der Waals surface area (Å²) in [6.07, 6.45) is 7.25. The maximum absolute atomic E-state index is 12.1. The number of methoxy groups -OCH3 is 1. The third-order valence-electron chi connectivity index (χ3n) is 7.10. The van der Waals surface area contributed by atoms with Gasteiger partial charge in [-0.05, 0) is 25.8 Å². The molecule has 0 radical (unpaired) electrons. The van der Waals surface area contributed by atoms with Gasteiger partial charge >= 0.3 is 5.97 Å². The van der Waals surface area contributed by atoms with Crippen LogP contribution in [0.5, 0.6) is 0 Å². The number of esters is 1. The summed E-state index contributed by atoms with van der Waals surface area (Å²) in [4.78, 5) is 14.8. The third-order valence-corrected chi connectivity index (χ3v) is 7.10. The highest BCUT2D eigenvalue weighted by Gasteiger charge is 2.56. The molecule has 6 nitrogen and oxygen atoms in total. The van der Waals surface area contributed by atoms with E-state index in [0.717, 1.165) is 18.7 Å². The van der Waals surface area contributed by atoms with Crippen molar-refractivity contribution in [2.45, 2.75) is 70.7 Å². The number of unbranched alkanes of at least 4 members (excludes halogenated alkanes) is 1. The summed E-state index contributed by atoms with van der Waals surface area (Å²) in [5.41, 5.74) is 0.495. The van der Waals surface area contributed by atoms with Gasteiger partial charge in [0, 0.05) is 30.5 Å². The largest absolute Gasteiger partial charge is 0.492 e. The van der Waals surface area contributed by atoms with Crippen molar-refractivity contribution in [1.29, 1.82) is 0 Å². The van der Waals surface area contributed by atoms with Gasteiger partial charge in [0.15, 0.2) is 11.5 Å². The highest BCUT2D eigenvalue weighted by Crippen LogP contribution is 2.52. The fourth-order valence-corrected chi connectivity index (χ4v) is 5.78. The summed E-state index contributed by atoms with van der Waals surface area (Å²) in [6.45, 7) is 7.11. The molecule has 3 bridgehead atoms. The van der Waals surface area contributed by atoms with Crippen molar-refractivity contribution >= 4 is 5.97 Å². The number of cyclic esters (lactones) is 1. The molecule has 0 aliphatic carbocycles. The van der Waals surface area contributed by atoms with Crippen molar-refractivity contribution in [3.05, 3.63) is 34.7 Å². The maximum Gasteiger partial charge on any atom is 0.343 e. The standard InChI is InChI=1S/C22H29NO5/c1-5-6-7-14-16-9-15-18-11(2)20(21-19(25-4)12(3)22(24)28-21)27-17(18)8-13(26-16)10-23(14)15/h8,11,13-16,18H,5-7,9-10H2,1-4H3. The average Bonchev–Trinajstić information content (AvgIpc) is 3.16. The molecule has 0 spiro atoms. The topological polar surface area (TPSA) is 57.2 Å². The molecule has 5 aliphatic heterocycles. The molecule has 7 atom stereocenters. The zero-order valence-corrected chi connectivity index (χ0v) is 17.1. The normalized spacial score (nSPS) is 43.6. The second kappa shape index (κ2) is 6.63. The van der Waals surface area contributed by atoms with Crippen molar-refractivity contribution in [3.63, 3.8) is 0 Å². The molecule has 0 saturated carbocycles. The molecule has 152 valence electrons. The highest BCUT2D eigenvalue weighted by molar-refractivity contribution is 5.93. The fourth-order valence-electron chi connectivity index (χ4n) is 5.78. The first-order chi connectivity index (χ1) is 13.5. The zero-order valence-electron chi connectivity index (χ0n) is 17.1. The van der Waals surface area contributed by atoms with Crippen LogP contribution in [-0.4, -0.2) is 48.8 Å². The van der Waals surface area contributed by atoms with Crippen LogP contribution in [0, 0.1) is 11.8 Å². The van der Waals surface area contributed by atoms with Crippen molar-refractivity contribution in [2.75, 3.05) is 13.7 Å². The van der Waals surface area contributed by atoms with Gasteiger partial charge < -0.3 is 18.9 Å². The van der Waals surface area contributed by atoms with Crippen LogP contribution in [0.4, 0.5) is 0 Å². The van der Waals surface area contributed by atoms with E-state index >= 15 is 0 Å². The van der Waals surface area contributed by atoms with Crippen molar-refractivity contribution in [3.8, 4) is 0 Å². The SMILES string of the molecule is CCCCC1C2CC3C4C(=CC(CN13)O2)OC(=C1OC(=O)C(C)=C1OC)C4C. The number of carbonyl (C=O) groups is 1. The molecule has 28 heavy (non-hydrogen) atoms. The van der Waals surface area contributed by atoms with Crippen LogP contribution in [0.15, 0.2) is 34.7 Å². The van der Waals surface area contributed by atoms with E-state index in [9.17, 15) is 4.79 Å². The van der Waals surface area contributed by atoms with Crippen molar-refractivity contribution in [1.82, 2.24) is 4.90 Å². The molecule has 0 aromatic rings. The van der Waals surface area contributed by atoms with Gasteiger partial charge in [0.25, 0.3) is 0 Å². The van der Waals surface area contributed by atoms with Crippen LogP contribution < -0.4 is 0 Å². The minimum Gasteiger partial charge on any atom is -0.492 e. The summed E-state index contributed by atoms with van der Waals surface area (Å²) >= 11 is 0.